The summed E-state index contributed by atoms with van der Waals surface area (Å²) in [6.45, 7) is 3.45. The van der Waals surface area contributed by atoms with Gasteiger partial charge in [-0.3, -0.25) is 4.79 Å². The minimum Gasteiger partial charge on any atom is -0.377 e. The van der Waals surface area contributed by atoms with Crippen LogP contribution in [0.2, 0.25) is 5.02 Å². The van der Waals surface area contributed by atoms with E-state index >= 15 is 0 Å². The molecule has 1 heterocycles. The van der Waals surface area contributed by atoms with Crippen LogP contribution in [0.15, 0.2) is 36.4 Å². The van der Waals surface area contributed by atoms with E-state index < -0.39 is 6.03 Å². The van der Waals surface area contributed by atoms with Gasteiger partial charge in [-0.1, -0.05) is 17.7 Å². The number of likely N-dealkylation sites (tertiary alicyclic amines) is 1. The van der Waals surface area contributed by atoms with Crippen molar-refractivity contribution >= 4 is 40.6 Å². The van der Waals surface area contributed by atoms with Crippen molar-refractivity contribution in [3.8, 4) is 0 Å². The summed E-state index contributed by atoms with van der Waals surface area (Å²) in [5, 5.41) is 6.14. The summed E-state index contributed by atoms with van der Waals surface area (Å²) in [4.78, 5) is 29.1. The number of rotatable bonds is 4. The molecule has 1 saturated heterocycles. The van der Waals surface area contributed by atoms with Crippen LogP contribution in [0.25, 0.3) is 0 Å². The van der Waals surface area contributed by atoms with E-state index in [4.69, 9.17) is 11.6 Å². The highest BCUT2D eigenvalue weighted by Crippen LogP contribution is 2.26. The third-order valence-electron chi connectivity index (χ3n) is 4.79. The third-order valence-corrected chi connectivity index (χ3v) is 5.20. The molecule has 2 aromatic carbocycles. The second-order valence-electron chi connectivity index (χ2n) is 7.17. The molecule has 0 unspecified atom stereocenters. The number of carbonyl (C=O) groups is 2. The van der Waals surface area contributed by atoms with Gasteiger partial charge in [-0.2, -0.15) is 0 Å². The Morgan fingerprint density at radius 2 is 1.61 bits per heavy atom. The molecule has 6 nitrogen and oxygen atoms in total. The Bertz CT molecular complexity index is 892. The summed E-state index contributed by atoms with van der Waals surface area (Å²) in [5.74, 6) is -0.00410. The molecule has 0 atom stereocenters. The van der Waals surface area contributed by atoms with Crippen LogP contribution in [-0.4, -0.2) is 44.0 Å². The maximum atomic E-state index is 12.9. The molecule has 0 aromatic heterocycles. The van der Waals surface area contributed by atoms with Crippen LogP contribution in [0.1, 0.15) is 28.8 Å². The average Bonchev–Trinajstić information content (AvgIpc) is 3.18. The number of hydrogen-bond acceptors (Lipinski definition) is 3. The van der Waals surface area contributed by atoms with Gasteiger partial charge in [0.1, 0.15) is 0 Å². The van der Waals surface area contributed by atoms with Crippen LogP contribution in [0.5, 0.6) is 0 Å². The van der Waals surface area contributed by atoms with E-state index in [1.807, 2.05) is 43.0 Å². The van der Waals surface area contributed by atoms with Crippen molar-refractivity contribution in [3.63, 3.8) is 0 Å². The molecule has 3 rings (SSSR count). The van der Waals surface area contributed by atoms with E-state index in [1.54, 1.807) is 24.3 Å². The van der Waals surface area contributed by atoms with E-state index in [0.29, 0.717) is 22.0 Å². The van der Waals surface area contributed by atoms with Gasteiger partial charge in [0.2, 0.25) is 0 Å². The molecule has 1 fully saturated rings. The van der Waals surface area contributed by atoms with Crippen molar-refractivity contribution in [2.45, 2.75) is 19.8 Å². The zero-order valence-corrected chi connectivity index (χ0v) is 17.1. The molecule has 0 spiro atoms. The van der Waals surface area contributed by atoms with Crippen LogP contribution in [0, 0.1) is 6.92 Å². The topological polar surface area (TPSA) is 64.7 Å². The predicted molar refractivity (Wildman–Crippen MR) is 115 cm³/mol. The molecule has 0 saturated carbocycles. The number of amides is 3. The molecule has 2 aromatic rings. The highest BCUT2D eigenvalue weighted by atomic mass is 35.5. The number of hydrogen-bond donors (Lipinski definition) is 2. The van der Waals surface area contributed by atoms with E-state index in [0.717, 1.165) is 37.2 Å². The molecule has 0 aliphatic carbocycles. The van der Waals surface area contributed by atoms with Gasteiger partial charge in [0.25, 0.3) is 5.91 Å². The second kappa shape index (κ2) is 8.52. The molecule has 1 aliphatic heterocycles. The maximum absolute atomic E-state index is 12.9. The number of anilines is 3. The summed E-state index contributed by atoms with van der Waals surface area (Å²) >= 11 is 6.10. The van der Waals surface area contributed by atoms with Crippen molar-refractivity contribution in [1.29, 1.82) is 0 Å². The van der Waals surface area contributed by atoms with Crippen LogP contribution >= 0.6 is 11.6 Å². The van der Waals surface area contributed by atoms with Crippen molar-refractivity contribution in [2.75, 3.05) is 42.7 Å². The summed E-state index contributed by atoms with van der Waals surface area (Å²) in [6.07, 6.45) is 2.06. The molecule has 7 heteroatoms. The van der Waals surface area contributed by atoms with Crippen molar-refractivity contribution in [3.05, 3.63) is 52.5 Å². The lowest BCUT2D eigenvalue weighted by Gasteiger charge is -2.22. The molecule has 148 valence electrons. The molecule has 0 radical (unpaired) electrons. The quantitative estimate of drug-likeness (QED) is 0.788. The van der Waals surface area contributed by atoms with Gasteiger partial charge < -0.3 is 20.4 Å². The lowest BCUT2D eigenvalue weighted by atomic mass is 10.1. The van der Waals surface area contributed by atoms with Gasteiger partial charge in [0, 0.05) is 49.3 Å². The standard InChI is InChI=1S/C21H25ClN4O2/c1-14-6-7-16(13-18(14)22)24-21(28)23-15-8-9-19(25(2)3)17(12-15)20(27)26-10-4-5-11-26/h6-9,12-13H,4-5,10-11H2,1-3H3,(H2,23,24,28). The summed E-state index contributed by atoms with van der Waals surface area (Å²) in [6, 6.07) is 10.3. The minimum absolute atomic E-state index is 0.00410. The number of nitrogens with zero attached hydrogens (tertiary/aromatic N) is 2. The van der Waals surface area contributed by atoms with Gasteiger partial charge in [0.05, 0.1) is 5.56 Å². The van der Waals surface area contributed by atoms with E-state index in [2.05, 4.69) is 10.6 Å². The highest BCUT2D eigenvalue weighted by molar-refractivity contribution is 6.31. The Morgan fingerprint density at radius 1 is 1.00 bits per heavy atom. The highest BCUT2D eigenvalue weighted by Gasteiger charge is 2.23. The molecule has 28 heavy (non-hydrogen) atoms. The van der Waals surface area contributed by atoms with Crippen LogP contribution in [-0.2, 0) is 0 Å². The van der Waals surface area contributed by atoms with Gasteiger partial charge in [-0.15, -0.1) is 0 Å². The van der Waals surface area contributed by atoms with E-state index in [-0.39, 0.29) is 5.91 Å². The minimum atomic E-state index is -0.392. The molecule has 2 N–H and O–H groups in total. The molecular formula is C21H25ClN4O2. The van der Waals surface area contributed by atoms with Crippen molar-refractivity contribution in [2.24, 2.45) is 0 Å². The first kappa shape index (κ1) is 20.0. The Morgan fingerprint density at radius 3 is 2.21 bits per heavy atom. The Balaban J connectivity index is 1.77. The lowest BCUT2D eigenvalue weighted by molar-refractivity contribution is 0.0793. The number of halogens is 1. The SMILES string of the molecule is Cc1ccc(NC(=O)Nc2ccc(N(C)C)c(C(=O)N3CCCC3)c2)cc1Cl. The molecular weight excluding hydrogens is 376 g/mol. The van der Waals surface area contributed by atoms with Gasteiger partial charge in [-0.05, 0) is 55.7 Å². The van der Waals surface area contributed by atoms with Gasteiger partial charge in [0.15, 0.2) is 0 Å². The third kappa shape index (κ3) is 4.57. The molecule has 3 amide bonds. The first-order valence-corrected chi connectivity index (χ1v) is 9.68. The second-order valence-corrected chi connectivity index (χ2v) is 7.58. The smallest absolute Gasteiger partial charge is 0.323 e. The number of carbonyl (C=O) groups excluding carboxylic acids is 2. The van der Waals surface area contributed by atoms with Crippen LogP contribution < -0.4 is 15.5 Å². The average molecular weight is 401 g/mol. The largest absolute Gasteiger partial charge is 0.377 e. The number of benzene rings is 2. The predicted octanol–water partition coefficient (Wildman–Crippen LogP) is 4.59. The first-order chi connectivity index (χ1) is 13.3. The summed E-state index contributed by atoms with van der Waals surface area (Å²) in [7, 11) is 3.80. The monoisotopic (exact) mass is 400 g/mol. The van der Waals surface area contributed by atoms with Crippen LogP contribution in [0.4, 0.5) is 21.9 Å². The maximum Gasteiger partial charge on any atom is 0.323 e. The number of nitrogens with one attached hydrogen (secondary N) is 2. The Hall–Kier alpha value is -2.73. The van der Waals surface area contributed by atoms with Gasteiger partial charge in [-0.25, -0.2) is 4.79 Å². The fourth-order valence-corrected chi connectivity index (χ4v) is 3.41. The van der Waals surface area contributed by atoms with Crippen molar-refractivity contribution < 1.29 is 9.59 Å². The zero-order valence-electron chi connectivity index (χ0n) is 16.4. The number of aryl methyl sites for hydroxylation is 1. The molecule has 1 aliphatic rings. The van der Waals surface area contributed by atoms with Crippen molar-refractivity contribution in [1.82, 2.24) is 4.90 Å². The fraction of sp³-hybridized carbons (Fsp3) is 0.333. The summed E-state index contributed by atoms with van der Waals surface area (Å²) in [5.41, 5.74) is 3.52. The first-order valence-electron chi connectivity index (χ1n) is 9.30. The van der Waals surface area contributed by atoms with E-state index in [1.165, 1.54) is 0 Å². The number of urea groups is 1. The zero-order chi connectivity index (χ0) is 20.3. The van der Waals surface area contributed by atoms with Gasteiger partial charge >= 0.3 is 6.03 Å². The Kier molecular flexibility index (Phi) is 6.09. The molecule has 0 bridgehead atoms. The fourth-order valence-electron chi connectivity index (χ4n) is 3.23. The summed E-state index contributed by atoms with van der Waals surface area (Å²) < 4.78 is 0. The van der Waals surface area contributed by atoms with Crippen LogP contribution in [0.3, 0.4) is 0 Å². The normalized spacial score (nSPS) is 13.4. The van der Waals surface area contributed by atoms with E-state index in [9.17, 15) is 9.59 Å². The Labute approximate surface area is 170 Å². The lowest BCUT2D eigenvalue weighted by Crippen LogP contribution is -2.29.